The molecule has 2 rings (SSSR count). The molecule has 0 radical (unpaired) electrons. The topological polar surface area (TPSA) is 50.9 Å². The zero-order chi connectivity index (χ0) is 10.1. The van der Waals surface area contributed by atoms with Gasteiger partial charge in [0, 0.05) is 18.3 Å². The van der Waals surface area contributed by atoms with Gasteiger partial charge in [0.25, 0.3) is 0 Å². The Morgan fingerprint density at radius 3 is 2.71 bits per heavy atom. The third-order valence-corrected chi connectivity index (χ3v) is 2.82. The van der Waals surface area contributed by atoms with Gasteiger partial charge in [0.15, 0.2) is 0 Å². The fraction of sp³-hybridized carbons (Fsp3) is 0.444. The van der Waals surface area contributed by atoms with Crippen molar-refractivity contribution in [1.29, 1.82) is 0 Å². The maximum atomic E-state index is 5.95. The number of nitrogens with two attached hydrogens (primary N) is 1. The van der Waals surface area contributed by atoms with Crippen LogP contribution in [0.4, 0.5) is 5.82 Å². The molecule has 1 saturated carbocycles. The second kappa shape index (κ2) is 3.93. The second-order valence-corrected chi connectivity index (χ2v) is 4.40. The van der Waals surface area contributed by atoms with E-state index in [1.807, 2.05) is 0 Å². The van der Waals surface area contributed by atoms with Gasteiger partial charge in [-0.3, -0.25) is 0 Å². The highest BCUT2D eigenvalue weighted by atomic mass is 35.5. The van der Waals surface area contributed by atoms with Crippen LogP contribution >= 0.6 is 23.2 Å². The fourth-order valence-corrected chi connectivity index (χ4v) is 1.93. The van der Waals surface area contributed by atoms with Gasteiger partial charge in [0.1, 0.15) is 5.82 Å². The molecule has 14 heavy (non-hydrogen) atoms. The largest absolute Gasteiger partial charge is 0.366 e. The van der Waals surface area contributed by atoms with Crippen LogP contribution in [0.1, 0.15) is 12.8 Å². The normalized spacial score (nSPS) is 25.6. The molecule has 3 nitrogen and oxygen atoms in total. The zero-order valence-corrected chi connectivity index (χ0v) is 9.02. The van der Waals surface area contributed by atoms with Crippen molar-refractivity contribution in [2.24, 2.45) is 5.73 Å². The average molecular weight is 232 g/mol. The molecular formula is C9H11Cl2N3. The van der Waals surface area contributed by atoms with Crippen molar-refractivity contribution in [3.8, 4) is 0 Å². The maximum absolute atomic E-state index is 5.95. The molecule has 76 valence electrons. The lowest BCUT2D eigenvalue weighted by Gasteiger charge is -2.33. The van der Waals surface area contributed by atoms with Crippen LogP contribution in [0.3, 0.4) is 0 Å². The summed E-state index contributed by atoms with van der Waals surface area (Å²) in [6.07, 6.45) is 3.52. The zero-order valence-electron chi connectivity index (χ0n) is 7.50. The SMILES string of the molecule is NC1CC(Nc2ncc(Cl)cc2Cl)C1. The molecule has 0 unspecified atom stereocenters. The summed E-state index contributed by atoms with van der Waals surface area (Å²) in [7, 11) is 0. The summed E-state index contributed by atoms with van der Waals surface area (Å²) in [5.41, 5.74) is 5.67. The van der Waals surface area contributed by atoms with Crippen LogP contribution in [-0.4, -0.2) is 17.1 Å². The molecular weight excluding hydrogens is 221 g/mol. The first kappa shape index (κ1) is 10.0. The molecule has 0 saturated heterocycles. The van der Waals surface area contributed by atoms with E-state index in [-0.39, 0.29) is 0 Å². The highest BCUT2D eigenvalue weighted by molar-refractivity contribution is 6.35. The Bertz CT molecular complexity index is 337. The Labute approximate surface area is 92.6 Å². The minimum absolute atomic E-state index is 0.318. The van der Waals surface area contributed by atoms with Crippen LogP contribution in [-0.2, 0) is 0 Å². The van der Waals surface area contributed by atoms with E-state index in [9.17, 15) is 0 Å². The first-order chi connectivity index (χ1) is 6.65. The van der Waals surface area contributed by atoms with Gasteiger partial charge in [-0.25, -0.2) is 4.98 Å². The fourth-order valence-electron chi connectivity index (χ4n) is 1.49. The molecule has 1 heterocycles. The van der Waals surface area contributed by atoms with Crippen molar-refractivity contribution in [2.75, 3.05) is 5.32 Å². The standard InChI is InChI=1S/C9H11Cl2N3/c10-5-1-8(11)9(13-4-5)14-7-2-6(12)3-7/h1,4,6-7H,2-3,12H2,(H,13,14). The number of nitrogens with zero attached hydrogens (tertiary/aromatic N) is 1. The molecule has 0 atom stereocenters. The van der Waals surface area contributed by atoms with E-state index in [0.29, 0.717) is 27.9 Å². The van der Waals surface area contributed by atoms with E-state index >= 15 is 0 Å². The monoisotopic (exact) mass is 231 g/mol. The Morgan fingerprint density at radius 1 is 1.43 bits per heavy atom. The smallest absolute Gasteiger partial charge is 0.145 e. The summed E-state index contributed by atoms with van der Waals surface area (Å²) in [4.78, 5) is 4.11. The molecule has 1 aliphatic carbocycles. The average Bonchev–Trinajstić information content (AvgIpc) is 2.06. The second-order valence-electron chi connectivity index (χ2n) is 3.56. The highest BCUT2D eigenvalue weighted by Crippen LogP contribution is 2.27. The first-order valence-electron chi connectivity index (χ1n) is 4.48. The lowest BCUT2D eigenvalue weighted by molar-refractivity contribution is 0.373. The number of hydrogen-bond acceptors (Lipinski definition) is 3. The van der Waals surface area contributed by atoms with E-state index in [2.05, 4.69) is 10.3 Å². The molecule has 0 bridgehead atoms. The lowest BCUT2D eigenvalue weighted by Crippen LogP contribution is -2.44. The number of nitrogens with one attached hydrogen (secondary N) is 1. The van der Waals surface area contributed by atoms with Crippen molar-refractivity contribution < 1.29 is 0 Å². The van der Waals surface area contributed by atoms with Gasteiger partial charge in [-0.05, 0) is 18.9 Å². The molecule has 1 aromatic heterocycles. The number of rotatable bonds is 2. The van der Waals surface area contributed by atoms with Crippen LogP contribution in [0.5, 0.6) is 0 Å². The van der Waals surface area contributed by atoms with Crippen LogP contribution in [0.15, 0.2) is 12.3 Å². The van der Waals surface area contributed by atoms with Gasteiger partial charge >= 0.3 is 0 Å². The van der Waals surface area contributed by atoms with E-state index in [1.54, 1.807) is 12.3 Å². The van der Waals surface area contributed by atoms with Gasteiger partial charge in [0.2, 0.25) is 0 Å². The van der Waals surface area contributed by atoms with Crippen LogP contribution in [0, 0.1) is 0 Å². The van der Waals surface area contributed by atoms with E-state index < -0.39 is 0 Å². The van der Waals surface area contributed by atoms with Crippen LogP contribution in [0.2, 0.25) is 10.0 Å². The summed E-state index contributed by atoms with van der Waals surface area (Å²) in [6.45, 7) is 0. The lowest BCUT2D eigenvalue weighted by atomic mass is 9.88. The number of hydrogen-bond donors (Lipinski definition) is 2. The van der Waals surface area contributed by atoms with Crippen LogP contribution < -0.4 is 11.1 Å². The summed E-state index contributed by atoms with van der Waals surface area (Å²) in [5, 5.41) is 4.32. The number of halogens is 2. The maximum Gasteiger partial charge on any atom is 0.145 e. The molecule has 0 aromatic carbocycles. The van der Waals surface area contributed by atoms with Crippen molar-refractivity contribution in [3.63, 3.8) is 0 Å². The predicted octanol–water partition coefficient (Wildman–Crippen LogP) is 2.29. The van der Waals surface area contributed by atoms with Crippen molar-refractivity contribution >= 4 is 29.0 Å². The summed E-state index contributed by atoms with van der Waals surface area (Å²) in [5.74, 6) is 0.688. The molecule has 0 amide bonds. The molecule has 1 aliphatic rings. The van der Waals surface area contributed by atoms with E-state index in [4.69, 9.17) is 28.9 Å². The van der Waals surface area contributed by atoms with Crippen molar-refractivity contribution in [1.82, 2.24) is 4.98 Å². The minimum atomic E-state index is 0.318. The molecule has 1 fully saturated rings. The molecule has 3 N–H and O–H groups in total. The predicted molar refractivity (Wildman–Crippen MR) is 58.9 cm³/mol. The third kappa shape index (κ3) is 2.11. The molecule has 0 spiro atoms. The first-order valence-corrected chi connectivity index (χ1v) is 5.24. The Morgan fingerprint density at radius 2 is 2.14 bits per heavy atom. The number of aromatic nitrogens is 1. The van der Waals surface area contributed by atoms with E-state index in [1.165, 1.54) is 0 Å². The summed E-state index contributed by atoms with van der Waals surface area (Å²) < 4.78 is 0. The van der Waals surface area contributed by atoms with Crippen molar-refractivity contribution in [2.45, 2.75) is 24.9 Å². The quantitative estimate of drug-likeness (QED) is 0.822. The summed E-state index contributed by atoms with van der Waals surface area (Å²) in [6, 6.07) is 2.39. The van der Waals surface area contributed by atoms with Gasteiger partial charge in [-0.1, -0.05) is 23.2 Å². The highest BCUT2D eigenvalue weighted by Gasteiger charge is 2.26. The number of anilines is 1. The van der Waals surface area contributed by atoms with Crippen LogP contribution in [0.25, 0.3) is 0 Å². The summed E-state index contributed by atoms with van der Waals surface area (Å²) >= 11 is 11.7. The molecule has 5 heteroatoms. The van der Waals surface area contributed by atoms with Gasteiger partial charge < -0.3 is 11.1 Å². The molecule has 0 aliphatic heterocycles. The van der Waals surface area contributed by atoms with E-state index in [0.717, 1.165) is 12.8 Å². The Hall–Kier alpha value is -0.510. The number of pyridine rings is 1. The van der Waals surface area contributed by atoms with Gasteiger partial charge in [0.05, 0.1) is 10.0 Å². The Kier molecular flexibility index (Phi) is 2.81. The van der Waals surface area contributed by atoms with Gasteiger partial charge in [-0.15, -0.1) is 0 Å². The third-order valence-electron chi connectivity index (χ3n) is 2.32. The Balaban J connectivity index is 2.02. The van der Waals surface area contributed by atoms with Crippen molar-refractivity contribution in [3.05, 3.63) is 22.3 Å². The van der Waals surface area contributed by atoms with Gasteiger partial charge in [-0.2, -0.15) is 0 Å². The minimum Gasteiger partial charge on any atom is -0.366 e. The molecule has 1 aromatic rings.